The molecule has 1 N–H and O–H groups in total. The fourth-order valence-corrected chi connectivity index (χ4v) is 3.82. The van der Waals surface area contributed by atoms with Crippen molar-refractivity contribution in [1.29, 1.82) is 0 Å². The van der Waals surface area contributed by atoms with Gasteiger partial charge in [0, 0.05) is 36.6 Å². The van der Waals surface area contributed by atoms with E-state index >= 15 is 0 Å². The zero-order valence-corrected chi connectivity index (χ0v) is 13.5. The molecule has 2 heterocycles. The van der Waals surface area contributed by atoms with Gasteiger partial charge in [-0.3, -0.25) is 4.90 Å². The lowest BCUT2D eigenvalue weighted by molar-refractivity contribution is 0.170. The fourth-order valence-electron chi connectivity index (χ4n) is 2.64. The average Bonchev–Trinajstić information content (AvgIpc) is 2.79. The second-order valence-electron chi connectivity index (χ2n) is 5.52. The summed E-state index contributed by atoms with van der Waals surface area (Å²) in [5, 5.41) is 4.45. The summed E-state index contributed by atoms with van der Waals surface area (Å²) in [5.41, 5.74) is 1.26. The summed E-state index contributed by atoms with van der Waals surface area (Å²) in [6.07, 6.45) is 1.02. The number of hydrogen-bond donors (Lipinski definition) is 1. The predicted octanol–water partition coefficient (Wildman–Crippen LogP) is 1.95. The molecule has 1 aromatic heterocycles. The van der Waals surface area contributed by atoms with E-state index in [2.05, 4.69) is 42.9 Å². The van der Waals surface area contributed by atoms with Crippen molar-refractivity contribution in [3.8, 4) is 0 Å². The minimum Gasteiger partial charge on any atom is -0.345 e. The second-order valence-corrected chi connectivity index (χ2v) is 6.58. The molecule has 2 rings (SSSR count). The first-order valence-electron chi connectivity index (χ1n) is 7.16. The van der Waals surface area contributed by atoms with Crippen molar-refractivity contribution in [2.75, 3.05) is 32.1 Å². The van der Waals surface area contributed by atoms with Gasteiger partial charge in [0.15, 0.2) is 5.13 Å². The molecule has 0 amide bonds. The van der Waals surface area contributed by atoms with Crippen molar-refractivity contribution >= 4 is 16.5 Å². The lowest BCUT2D eigenvalue weighted by atomic mass is 10.1. The molecule has 0 spiro atoms. The Labute approximate surface area is 120 Å². The maximum atomic E-state index is 4.85. The van der Waals surface area contributed by atoms with Crippen molar-refractivity contribution in [3.05, 3.63) is 10.6 Å². The normalized spacial score (nSPS) is 25.0. The number of nitrogens with one attached hydrogen (secondary N) is 1. The first kappa shape index (κ1) is 14.8. The Balaban J connectivity index is 2.17. The maximum absolute atomic E-state index is 4.85. The van der Waals surface area contributed by atoms with Gasteiger partial charge in [-0.2, -0.15) is 0 Å². The van der Waals surface area contributed by atoms with Crippen LogP contribution in [-0.4, -0.2) is 49.2 Å². The number of nitrogens with zero attached hydrogens (tertiary/aromatic N) is 3. The molecular formula is C14H26N4S. The molecule has 1 fully saturated rings. The number of anilines is 1. The Hall–Kier alpha value is -0.650. The van der Waals surface area contributed by atoms with Gasteiger partial charge in [-0.05, 0) is 34.4 Å². The van der Waals surface area contributed by atoms with E-state index in [1.54, 1.807) is 0 Å². The molecule has 2 unspecified atom stereocenters. The molecule has 2 atom stereocenters. The number of likely N-dealkylation sites (N-methyl/N-ethyl adjacent to an activating group) is 1. The number of aromatic nitrogens is 1. The summed E-state index contributed by atoms with van der Waals surface area (Å²) in [5.74, 6) is 0. The van der Waals surface area contributed by atoms with Crippen molar-refractivity contribution < 1.29 is 0 Å². The van der Waals surface area contributed by atoms with Gasteiger partial charge in [0.1, 0.15) is 0 Å². The van der Waals surface area contributed by atoms with E-state index in [1.165, 1.54) is 15.7 Å². The molecule has 0 aliphatic carbocycles. The van der Waals surface area contributed by atoms with Gasteiger partial charge in [0.05, 0.1) is 5.69 Å². The first-order chi connectivity index (χ1) is 9.06. The molecule has 0 bridgehead atoms. The van der Waals surface area contributed by atoms with E-state index in [0.29, 0.717) is 12.1 Å². The molecule has 0 aromatic carbocycles. The predicted molar refractivity (Wildman–Crippen MR) is 83.2 cm³/mol. The monoisotopic (exact) mass is 282 g/mol. The van der Waals surface area contributed by atoms with Crippen LogP contribution < -0.4 is 10.2 Å². The van der Waals surface area contributed by atoms with Gasteiger partial charge in [-0.25, -0.2) is 4.98 Å². The number of piperazine rings is 1. The molecule has 19 heavy (non-hydrogen) atoms. The van der Waals surface area contributed by atoms with E-state index in [-0.39, 0.29) is 0 Å². The summed E-state index contributed by atoms with van der Waals surface area (Å²) < 4.78 is 0. The van der Waals surface area contributed by atoms with Crippen LogP contribution in [-0.2, 0) is 13.0 Å². The van der Waals surface area contributed by atoms with Gasteiger partial charge in [-0.15, -0.1) is 11.3 Å². The van der Waals surface area contributed by atoms with Crippen LogP contribution in [0.5, 0.6) is 0 Å². The van der Waals surface area contributed by atoms with Crippen molar-refractivity contribution in [2.45, 2.75) is 45.8 Å². The standard InChI is InChI=1S/C14H26N4S/c1-6-12-13(7-15-4)19-14(16-12)18-8-10(2)17(5)11(3)9-18/h10-11,15H,6-9H2,1-5H3. The highest BCUT2D eigenvalue weighted by atomic mass is 32.1. The van der Waals surface area contributed by atoms with Crippen molar-refractivity contribution in [2.24, 2.45) is 0 Å². The molecule has 1 aliphatic heterocycles. The molecule has 5 heteroatoms. The van der Waals surface area contributed by atoms with E-state index in [9.17, 15) is 0 Å². The minimum atomic E-state index is 0.588. The summed E-state index contributed by atoms with van der Waals surface area (Å²) >= 11 is 1.85. The molecule has 108 valence electrons. The maximum Gasteiger partial charge on any atom is 0.185 e. The Morgan fingerprint density at radius 3 is 2.47 bits per heavy atom. The summed E-state index contributed by atoms with van der Waals surface area (Å²) in [6.45, 7) is 9.87. The SMILES string of the molecule is CCc1nc(N2CC(C)N(C)C(C)C2)sc1CNC. The summed E-state index contributed by atoms with van der Waals surface area (Å²) in [7, 11) is 4.22. The van der Waals surface area contributed by atoms with Gasteiger partial charge < -0.3 is 10.2 Å². The molecule has 1 aliphatic rings. The topological polar surface area (TPSA) is 31.4 Å². The highest BCUT2D eigenvalue weighted by molar-refractivity contribution is 7.15. The van der Waals surface area contributed by atoms with E-state index in [1.807, 2.05) is 18.4 Å². The first-order valence-corrected chi connectivity index (χ1v) is 7.98. The number of thiazole rings is 1. The molecule has 1 saturated heterocycles. The van der Waals surface area contributed by atoms with Gasteiger partial charge in [0.2, 0.25) is 0 Å². The van der Waals surface area contributed by atoms with Crippen molar-refractivity contribution in [3.63, 3.8) is 0 Å². The van der Waals surface area contributed by atoms with Crippen LogP contribution in [0.25, 0.3) is 0 Å². The molecule has 4 nitrogen and oxygen atoms in total. The molecule has 1 aromatic rings. The summed E-state index contributed by atoms with van der Waals surface area (Å²) in [4.78, 5) is 11.2. The Morgan fingerprint density at radius 2 is 1.95 bits per heavy atom. The van der Waals surface area contributed by atoms with E-state index in [4.69, 9.17) is 4.98 Å². The third kappa shape index (κ3) is 3.09. The average molecular weight is 282 g/mol. The zero-order valence-electron chi connectivity index (χ0n) is 12.7. The van der Waals surface area contributed by atoms with Gasteiger partial charge >= 0.3 is 0 Å². The van der Waals surface area contributed by atoms with E-state index in [0.717, 1.165) is 26.1 Å². The van der Waals surface area contributed by atoms with E-state index < -0.39 is 0 Å². The van der Waals surface area contributed by atoms with Crippen LogP contribution in [0, 0.1) is 0 Å². The largest absolute Gasteiger partial charge is 0.345 e. The van der Waals surface area contributed by atoms with Crippen LogP contribution in [0.15, 0.2) is 0 Å². The van der Waals surface area contributed by atoms with Crippen LogP contribution in [0.1, 0.15) is 31.3 Å². The lowest BCUT2D eigenvalue weighted by Gasteiger charge is -2.42. The van der Waals surface area contributed by atoms with Crippen LogP contribution >= 0.6 is 11.3 Å². The van der Waals surface area contributed by atoms with Gasteiger partial charge in [0.25, 0.3) is 0 Å². The molecular weight excluding hydrogens is 256 g/mol. The van der Waals surface area contributed by atoms with Crippen molar-refractivity contribution in [1.82, 2.24) is 15.2 Å². The Morgan fingerprint density at radius 1 is 1.32 bits per heavy atom. The van der Waals surface area contributed by atoms with Crippen LogP contribution in [0.2, 0.25) is 0 Å². The smallest absolute Gasteiger partial charge is 0.185 e. The van der Waals surface area contributed by atoms with Crippen LogP contribution in [0.3, 0.4) is 0 Å². The molecule has 0 radical (unpaired) electrons. The third-order valence-electron chi connectivity index (χ3n) is 4.07. The highest BCUT2D eigenvalue weighted by Crippen LogP contribution is 2.29. The number of hydrogen-bond acceptors (Lipinski definition) is 5. The zero-order chi connectivity index (χ0) is 14.0. The minimum absolute atomic E-state index is 0.588. The fraction of sp³-hybridized carbons (Fsp3) is 0.786. The summed E-state index contributed by atoms with van der Waals surface area (Å²) in [6, 6.07) is 1.18. The number of aryl methyl sites for hydroxylation is 1. The van der Waals surface area contributed by atoms with Crippen LogP contribution in [0.4, 0.5) is 5.13 Å². The third-order valence-corrected chi connectivity index (χ3v) is 5.23. The Bertz CT molecular complexity index is 406. The quantitative estimate of drug-likeness (QED) is 0.915. The highest BCUT2D eigenvalue weighted by Gasteiger charge is 2.28. The number of rotatable bonds is 4. The van der Waals surface area contributed by atoms with Gasteiger partial charge in [-0.1, -0.05) is 6.92 Å². The second kappa shape index (κ2) is 6.20. The Kier molecular flexibility index (Phi) is 4.81. The lowest BCUT2D eigenvalue weighted by Crippen LogP contribution is -2.55. The molecule has 0 saturated carbocycles.